The van der Waals surface area contributed by atoms with Crippen molar-refractivity contribution in [2.45, 2.75) is 0 Å². The van der Waals surface area contributed by atoms with Crippen LogP contribution in [0.3, 0.4) is 0 Å². The van der Waals surface area contributed by atoms with Crippen LogP contribution in [0.25, 0.3) is 11.0 Å². The number of halogens is 3. The number of anilines is 1. The highest BCUT2D eigenvalue weighted by molar-refractivity contribution is 9.10. The zero-order chi connectivity index (χ0) is 15.0. The first-order valence-corrected chi connectivity index (χ1v) is 7.53. The van der Waals surface area contributed by atoms with E-state index < -0.39 is 0 Å². The predicted molar refractivity (Wildman–Crippen MR) is 88.3 cm³/mol. The summed E-state index contributed by atoms with van der Waals surface area (Å²) < 4.78 is 6.26. The van der Waals surface area contributed by atoms with Crippen molar-refractivity contribution in [3.8, 4) is 0 Å². The van der Waals surface area contributed by atoms with E-state index in [9.17, 15) is 4.79 Å². The molecule has 0 saturated heterocycles. The summed E-state index contributed by atoms with van der Waals surface area (Å²) in [5.74, 6) is -0.132. The Kier molecular flexibility index (Phi) is 3.93. The third kappa shape index (κ3) is 3.07. The number of amides is 1. The Morgan fingerprint density at radius 2 is 1.90 bits per heavy atom. The molecule has 1 N–H and O–H groups in total. The maximum absolute atomic E-state index is 12.2. The summed E-state index contributed by atoms with van der Waals surface area (Å²) in [7, 11) is 0. The Morgan fingerprint density at radius 1 is 1.10 bits per heavy atom. The van der Waals surface area contributed by atoms with Crippen molar-refractivity contribution in [1.29, 1.82) is 0 Å². The maximum atomic E-state index is 12.2. The molecule has 21 heavy (non-hydrogen) atoms. The molecule has 0 bridgehead atoms. The van der Waals surface area contributed by atoms with Gasteiger partial charge >= 0.3 is 0 Å². The van der Waals surface area contributed by atoms with Gasteiger partial charge in [0.1, 0.15) is 5.58 Å². The molecule has 0 spiro atoms. The number of rotatable bonds is 2. The van der Waals surface area contributed by atoms with E-state index in [0.29, 0.717) is 21.3 Å². The molecule has 3 nitrogen and oxygen atoms in total. The average Bonchev–Trinajstić information content (AvgIpc) is 2.86. The van der Waals surface area contributed by atoms with Gasteiger partial charge in [0.2, 0.25) is 0 Å². The van der Waals surface area contributed by atoms with Gasteiger partial charge in [-0.3, -0.25) is 4.79 Å². The SMILES string of the molecule is O=C(Nc1ccc(Br)c(Cl)c1)c1cc2cc(Cl)ccc2o1. The molecule has 0 fully saturated rings. The van der Waals surface area contributed by atoms with Crippen molar-refractivity contribution < 1.29 is 9.21 Å². The molecule has 1 heterocycles. The summed E-state index contributed by atoms with van der Waals surface area (Å²) in [5, 5.41) is 4.62. The van der Waals surface area contributed by atoms with Crippen LogP contribution in [-0.2, 0) is 0 Å². The third-order valence-corrected chi connectivity index (χ3v) is 4.35. The lowest BCUT2D eigenvalue weighted by Gasteiger charge is -2.04. The fourth-order valence-corrected chi connectivity index (χ4v) is 2.50. The number of furan rings is 1. The highest BCUT2D eigenvalue weighted by Gasteiger charge is 2.13. The van der Waals surface area contributed by atoms with Crippen LogP contribution in [0.1, 0.15) is 10.6 Å². The summed E-state index contributed by atoms with van der Waals surface area (Å²) in [6.45, 7) is 0. The predicted octanol–water partition coefficient (Wildman–Crippen LogP) is 5.75. The largest absolute Gasteiger partial charge is 0.451 e. The van der Waals surface area contributed by atoms with Crippen LogP contribution in [0.2, 0.25) is 10.0 Å². The molecule has 1 aromatic heterocycles. The minimum Gasteiger partial charge on any atom is -0.451 e. The molecule has 0 radical (unpaired) electrons. The third-order valence-electron chi connectivity index (χ3n) is 2.88. The minimum absolute atomic E-state index is 0.214. The number of hydrogen-bond donors (Lipinski definition) is 1. The molecule has 1 amide bonds. The van der Waals surface area contributed by atoms with E-state index in [2.05, 4.69) is 21.2 Å². The van der Waals surface area contributed by atoms with Gasteiger partial charge in [-0.2, -0.15) is 0 Å². The summed E-state index contributed by atoms with van der Waals surface area (Å²) in [4.78, 5) is 12.2. The van der Waals surface area contributed by atoms with Gasteiger partial charge in [0.05, 0.1) is 5.02 Å². The molecule has 106 valence electrons. The molecule has 0 unspecified atom stereocenters. The van der Waals surface area contributed by atoms with E-state index in [1.807, 2.05) is 0 Å². The van der Waals surface area contributed by atoms with Gasteiger partial charge in [0.25, 0.3) is 5.91 Å². The van der Waals surface area contributed by atoms with Crippen LogP contribution >= 0.6 is 39.1 Å². The number of benzene rings is 2. The van der Waals surface area contributed by atoms with Crippen molar-refractivity contribution in [2.24, 2.45) is 0 Å². The number of hydrogen-bond acceptors (Lipinski definition) is 2. The highest BCUT2D eigenvalue weighted by atomic mass is 79.9. The second kappa shape index (κ2) is 5.72. The lowest BCUT2D eigenvalue weighted by molar-refractivity contribution is 0.0998. The Labute approximate surface area is 139 Å². The van der Waals surface area contributed by atoms with Gasteiger partial charge in [0, 0.05) is 20.6 Å². The Hall–Kier alpha value is -1.49. The molecule has 0 aliphatic heterocycles. The average molecular weight is 385 g/mol. The molecule has 0 aliphatic carbocycles. The van der Waals surface area contributed by atoms with Crippen molar-refractivity contribution in [3.63, 3.8) is 0 Å². The topological polar surface area (TPSA) is 42.2 Å². The van der Waals surface area contributed by atoms with E-state index in [1.54, 1.807) is 42.5 Å². The first-order valence-electron chi connectivity index (χ1n) is 5.98. The zero-order valence-electron chi connectivity index (χ0n) is 10.5. The molecule has 3 rings (SSSR count). The molecule has 2 aromatic carbocycles. The van der Waals surface area contributed by atoms with Gasteiger partial charge in [-0.25, -0.2) is 0 Å². The van der Waals surface area contributed by atoms with E-state index in [-0.39, 0.29) is 11.7 Å². The Morgan fingerprint density at radius 3 is 2.67 bits per heavy atom. The molecule has 0 saturated carbocycles. The second-order valence-corrected chi connectivity index (χ2v) is 6.07. The summed E-state index contributed by atoms with van der Waals surface area (Å²) >= 11 is 15.2. The lowest BCUT2D eigenvalue weighted by Crippen LogP contribution is -2.10. The van der Waals surface area contributed by atoms with Crippen LogP contribution in [0, 0.1) is 0 Å². The van der Waals surface area contributed by atoms with Gasteiger partial charge in [-0.15, -0.1) is 0 Å². The van der Waals surface area contributed by atoms with Crippen LogP contribution < -0.4 is 5.32 Å². The van der Waals surface area contributed by atoms with Crippen molar-refractivity contribution in [3.05, 3.63) is 62.7 Å². The van der Waals surface area contributed by atoms with Crippen LogP contribution in [0.4, 0.5) is 5.69 Å². The van der Waals surface area contributed by atoms with Crippen molar-refractivity contribution >= 4 is 61.7 Å². The van der Waals surface area contributed by atoms with E-state index in [0.717, 1.165) is 9.86 Å². The normalized spacial score (nSPS) is 10.8. The lowest BCUT2D eigenvalue weighted by atomic mass is 10.2. The molecule has 6 heteroatoms. The van der Waals surface area contributed by atoms with Crippen LogP contribution in [-0.4, -0.2) is 5.91 Å². The first-order chi connectivity index (χ1) is 10.0. The fourth-order valence-electron chi connectivity index (χ4n) is 1.89. The van der Waals surface area contributed by atoms with Gasteiger partial charge in [0.15, 0.2) is 5.76 Å². The number of carbonyl (C=O) groups is 1. The minimum atomic E-state index is -0.347. The van der Waals surface area contributed by atoms with E-state index in [4.69, 9.17) is 27.6 Å². The van der Waals surface area contributed by atoms with Gasteiger partial charge < -0.3 is 9.73 Å². The van der Waals surface area contributed by atoms with E-state index in [1.165, 1.54) is 0 Å². The Bertz CT molecular complexity index is 845. The fraction of sp³-hybridized carbons (Fsp3) is 0. The highest BCUT2D eigenvalue weighted by Crippen LogP contribution is 2.27. The summed E-state index contributed by atoms with van der Waals surface area (Å²) in [6, 6.07) is 12.0. The molecule has 3 aromatic rings. The molecule has 0 atom stereocenters. The molecular weight excluding hydrogens is 377 g/mol. The summed E-state index contributed by atoms with van der Waals surface area (Å²) in [5.41, 5.74) is 1.20. The number of nitrogens with one attached hydrogen (secondary N) is 1. The number of fused-ring (bicyclic) bond motifs is 1. The zero-order valence-corrected chi connectivity index (χ0v) is 13.6. The quantitative estimate of drug-likeness (QED) is 0.610. The van der Waals surface area contributed by atoms with E-state index >= 15 is 0 Å². The summed E-state index contributed by atoms with van der Waals surface area (Å²) in [6.07, 6.45) is 0. The standard InChI is InChI=1S/C15H8BrCl2NO2/c16-11-3-2-10(7-12(11)18)19-15(20)14-6-8-5-9(17)1-4-13(8)21-14/h1-7H,(H,19,20). The van der Waals surface area contributed by atoms with Crippen molar-refractivity contribution in [1.82, 2.24) is 0 Å². The van der Waals surface area contributed by atoms with Crippen LogP contribution in [0.15, 0.2) is 51.4 Å². The molecular formula is C15H8BrCl2NO2. The molecule has 0 aliphatic rings. The van der Waals surface area contributed by atoms with Crippen LogP contribution in [0.5, 0.6) is 0 Å². The smallest absolute Gasteiger partial charge is 0.291 e. The Balaban J connectivity index is 1.87. The first kappa shape index (κ1) is 14.4. The second-order valence-electron chi connectivity index (χ2n) is 4.38. The monoisotopic (exact) mass is 383 g/mol. The maximum Gasteiger partial charge on any atom is 0.291 e. The number of carbonyl (C=O) groups excluding carboxylic acids is 1. The van der Waals surface area contributed by atoms with Crippen molar-refractivity contribution in [2.75, 3.05) is 5.32 Å². The van der Waals surface area contributed by atoms with Gasteiger partial charge in [-0.1, -0.05) is 23.2 Å². The van der Waals surface area contributed by atoms with Gasteiger partial charge in [-0.05, 0) is 58.4 Å².